The molecule has 8 N–H and O–H groups in total. The minimum Gasteiger partial charge on any atom is -0.504 e. The number of likely N-dealkylation sites (N-methyl/N-ethyl adjacent to an activating group) is 3. The SMILES string of the molecule is CCN(C)C.CCNC.CN(C)CCCCN1C(=O)c2ccccc2C1=O.CN(C)CCc1ccccn1.CNCCCCN1C(=O)c2ccccc2C1=O.CNCCCN1C(=O)c2ccccc2C1=O.CNCCN1C(=O)c2ccccc2C1=O.CNC[C@H](O)c1ccc(O)c(O)c1. The first-order chi connectivity index (χ1) is 47.5. The Labute approximate surface area is 585 Å². The van der Waals surface area contributed by atoms with Gasteiger partial charge in [-0.05, 0) is 221 Å². The number of aliphatic hydroxyl groups is 1. The maximum Gasteiger partial charge on any atom is 0.261 e. The lowest BCUT2D eigenvalue weighted by molar-refractivity contribution is 0.0635. The van der Waals surface area contributed by atoms with Crippen molar-refractivity contribution in [1.82, 2.24) is 65.9 Å². The Kier molecular flexibility index (Phi) is 39.5. The normalized spacial score (nSPS) is 13.3. The molecule has 1 aromatic heterocycles. The molecular formula is C75H107N13O11. The Bertz CT molecular complexity index is 3340. The number of aliphatic hydroxyl groups excluding tert-OH is 1. The van der Waals surface area contributed by atoms with Gasteiger partial charge in [0.05, 0.1) is 50.6 Å². The molecule has 24 nitrogen and oxygen atoms in total. The molecule has 4 aliphatic rings. The van der Waals surface area contributed by atoms with Crippen molar-refractivity contribution in [3.63, 3.8) is 0 Å². The number of aromatic hydroxyl groups is 2. The lowest BCUT2D eigenvalue weighted by Gasteiger charge is -2.14. The number of carbonyl (C=O) groups excluding carboxylic acids is 8. The van der Waals surface area contributed by atoms with Crippen molar-refractivity contribution < 1.29 is 53.7 Å². The van der Waals surface area contributed by atoms with E-state index in [-0.39, 0.29) is 58.8 Å². The van der Waals surface area contributed by atoms with E-state index in [1.165, 1.54) is 37.4 Å². The van der Waals surface area contributed by atoms with Gasteiger partial charge in [0.15, 0.2) is 11.5 Å². The molecule has 6 aromatic rings. The van der Waals surface area contributed by atoms with Crippen LogP contribution in [0.15, 0.2) is 140 Å². The van der Waals surface area contributed by atoms with Gasteiger partial charge in [-0.1, -0.05) is 74.5 Å². The molecule has 0 unspecified atom stereocenters. The lowest BCUT2D eigenvalue weighted by atomic mass is 10.1. The summed E-state index contributed by atoms with van der Waals surface area (Å²) in [6.45, 7) is 13.1. The second kappa shape index (κ2) is 46.3. The summed E-state index contributed by atoms with van der Waals surface area (Å²) in [6, 6.07) is 38.2. The molecule has 99 heavy (non-hydrogen) atoms. The maximum absolute atomic E-state index is 12.0. The zero-order valence-corrected chi connectivity index (χ0v) is 60.3. The Hall–Kier alpha value is -8.95. The van der Waals surface area contributed by atoms with Gasteiger partial charge in [-0.2, -0.15) is 0 Å². The number of hydrogen-bond acceptors (Lipinski definition) is 20. The van der Waals surface area contributed by atoms with Gasteiger partial charge >= 0.3 is 0 Å². The fourth-order valence-corrected chi connectivity index (χ4v) is 9.62. The molecule has 0 saturated carbocycles. The molecule has 5 aromatic carbocycles. The second-order valence-corrected chi connectivity index (χ2v) is 23.9. The first-order valence-electron chi connectivity index (χ1n) is 33.6. The highest BCUT2D eigenvalue weighted by Gasteiger charge is 2.37. The van der Waals surface area contributed by atoms with Crippen LogP contribution in [0, 0.1) is 0 Å². The zero-order chi connectivity index (χ0) is 73.4. The number of benzene rings is 5. The lowest BCUT2D eigenvalue weighted by Crippen LogP contribution is -2.35. The molecule has 0 saturated heterocycles. The van der Waals surface area contributed by atoms with E-state index in [0.29, 0.717) is 89.3 Å². The van der Waals surface area contributed by atoms with E-state index in [0.717, 1.165) is 77.8 Å². The van der Waals surface area contributed by atoms with Crippen molar-refractivity contribution in [2.24, 2.45) is 0 Å². The molecule has 8 amide bonds. The summed E-state index contributed by atoms with van der Waals surface area (Å²) in [5.74, 6) is -1.73. The fourth-order valence-electron chi connectivity index (χ4n) is 9.62. The van der Waals surface area contributed by atoms with E-state index in [2.05, 4.69) is 94.4 Å². The molecule has 4 aliphatic heterocycles. The van der Waals surface area contributed by atoms with Gasteiger partial charge in [-0.3, -0.25) is 62.9 Å². The summed E-state index contributed by atoms with van der Waals surface area (Å²) in [7, 11) is 21.5. The van der Waals surface area contributed by atoms with Crippen LogP contribution in [0.3, 0.4) is 0 Å². The largest absolute Gasteiger partial charge is 0.504 e. The highest BCUT2D eigenvalue weighted by atomic mass is 16.3. The summed E-state index contributed by atoms with van der Waals surface area (Å²) < 4.78 is 0. The third-order valence-corrected chi connectivity index (χ3v) is 15.5. The summed E-state index contributed by atoms with van der Waals surface area (Å²) >= 11 is 0. The van der Waals surface area contributed by atoms with Crippen LogP contribution < -0.4 is 26.6 Å². The summed E-state index contributed by atoms with van der Waals surface area (Å²) in [4.78, 5) is 111. The molecule has 0 fully saturated rings. The fraction of sp³-hybridized carbons (Fsp3) is 0.427. The number of carbonyl (C=O) groups is 8. The third kappa shape index (κ3) is 27.4. The first kappa shape index (κ1) is 84.3. The second-order valence-electron chi connectivity index (χ2n) is 23.9. The summed E-state index contributed by atoms with van der Waals surface area (Å²) in [5.41, 5.74) is 5.96. The number of hydrogen-bond donors (Lipinski definition) is 8. The van der Waals surface area contributed by atoms with Crippen LogP contribution in [0.4, 0.5) is 0 Å². The van der Waals surface area contributed by atoms with E-state index < -0.39 is 6.10 Å². The Balaban J connectivity index is 0.000000303. The molecular weight excluding hydrogens is 1260 g/mol. The predicted molar refractivity (Wildman–Crippen MR) is 390 cm³/mol. The predicted octanol–water partition coefficient (Wildman–Crippen LogP) is 6.63. The van der Waals surface area contributed by atoms with E-state index in [1.54, 1.807) is 117 Å². The minimum atomic E-state index is -0.670. The average molecular weight is 1370 g/mol. The first-order valence-corrected chi connectivity index (χ1v) is 33.6. The Morgan fingerprint density at radius 3 is 1.05 bits per heavy atom. The number of rotatable bonds is 25. The highest BCUT2D eigenvalue weighted by Crippen LogP contribution is 2.29. The molecule has 1 atom stereocenters. The summed E-state index contributed by atoms with van der Waals surface area (Å²) in [5, 5.41) is 42.3. The van der Waals surface area contributed by atoms with Gasteiger partial charge in [0, 0.05) is 64.1 Å². The van der Waals surface area contributed by atoms with Crippen LogP contribution in [0.1, 0.15) is 146 Å². The quantitative estimate of drug-likeness (QED) is 0.0169. The van der Waals surface area contributed by atoms with Crippen molar-refractivity contribution >= 4 is 47.3 Å². The van der Waals surface area contributed by atoms with Crippen LogP contribution in [0.5, 0.6) is 11.5 Å². The van der Waals surface area contributed by atoms with Crippen LogP contribution in [0.25, 0.3) is 0 Å². The van der Waals surface area contributed by atoms with E-state index in [9.17, 15) is 43.5 Å². The smallest absolute Gasteiger partial charge is 0.261 e. The van der Waals surface area contributed by atoms with Gasteiger partial charge in [-0.25, -0.2) is 0 Å². The minimum absolute atomic E-state index is 0.152. The molecule has 0 bridgehead atoms. The zero-order valence-electron chi connectivity index (χ0n) is 60.3. The molecule has 0 spiro atoms. The van der Waals surface area contributed by atoms with Crippen LogP contribution in [-0.4, -0.2) is 258 Å². The summed E-state index contributed by atoms with van der Waals surface area (Å²) in [6.07, 6.45) is 6.62. The number of nitrogens with zero attached hydrogens (tertiary/aromatic N) is 8. The number of phenolic OH excluding ortho intramolecular Hbond substituents is 2. The van der Waals surface area contributed by atoms with Crippen molar-refractivity contribution in [3.05, 3.63) is 195 Å². The van der Waals surface area contributed by atoms with Gasteiger partial charge in [-0.15, -0.1) is 0 Å². The topological polar surface area (TPSA) is 293 Å². The van der Waals surface area contributed by atoms with E-state index in [1.807, 2.05) is 53.6 Å². The van der Waals surface area contributed by atoms with Crippen LogP contribution in [-0.2, 0) is 6.42 Å². The average Bonchev–Trinajstić information content (AvgIpc) is 1.68. The van der Waals surface area contributed by atoms with Gasteiger partial charge in [0.1, 0.15) is 0 Å². The Morgan fingerprint density at radius 1 is 0.394 bits per heavy atom. The molecule has 0 aliphatic carbocycles. The van der Waals surface area contributed by atoms with Crippen molar-refractivity contribution in [2.45, 2.75) is 58.5 Å². The van der Waals surface area contributed by atoms with E-state index in [4.69, 9.17) is 10.2 Å². The number of amides is 8. The monoisotopic (exact) mass is 1370 g/mol. The van der Waals surface area contributed by atoms with Crippen molar-refractivity contribution in [2.75, 3.05) is 156 Å². The van der Waals surface area contributed by atoms with E-state index >= 15 is 0 Å². The number of aromatic nitrogens is 1. The molecule has 0 radical (unpaired) electrons. The molecule has 10 rings (SSSR count). The van der Waals surface area contributed by atoms with Crippen molar-refractivity contribution in [1.29, 1.82) is 0 Å². The number of phenols is 2. The van der Waals surface area contributed by atoms with Gasteiger partial charge in [0.2, 0.25) is 0 Å². The number of unbranched alkanes of at least 4 members (excludes halogenated alkanes) is 2. The third-order valence-electron chi connectivity index (χ3n) is 15.5. The standard InChI is InChI=1S/C14H18N2O2.C13H16N2O2.C12H14N2O2.C11H12N2O2.C9H14N2.C9H13NO3.C4H11N.C3H9N/c1-15(2)9-5-6-10-16-13(17)11-7-3-4-8-12(11)14(16)18;1-14-8-4-5-9-15-12(16)10-6-2-3-7-11(10)13(15)17;1-13-7-4-8-14-11(15)9-5-2-3-6-10(9)12(14)16;1-12-6-7-13-10(14)8-4-2-3-5-9(8)11(13)15;1-11(2)8-6-9-5-3-4-7-10-9;1-10-5-9(13)6-2-3-7(11)8(12)4-6;1-4-5(2)3;1-3-4-2/h3-4,7-8H,5-6,9-10H2,1-2H3;2-3,6-7,14H,4-5,8-9H2,1H3;2-3,5-6,13H,4,7-8H2,1H3;2-5,12H,6-7H2,1H3;3-5,7H,6,8H2,1-2H3;2-4,9-13H,5H2,1H3;4H2,1-3H3;4H,3H2,1-2H3/t;;;;;9-;;/m.....0../s1. The number of imide groups is 4. The van der Waals surface area contributed by atoms with Crippen molar-refractivity contribution in [3.8, 4) is 11.5 Å². The molecule has 24 heteroatoms. The van der Waals surface area contributed by atoms with Crippen LogP contribution in [0.2, 0.25) is 0 Å². The highest BCUT2D eigenvalue weighted by molar-refractivity contribution is 6.23. The van der Waals surface area contributed by atoms with Gasteiger partial charge < -0.3 is 56.6 Å². The number of fused-ring (bicyclic) bond motifs is 4. The maximum atomic E-state index is 12.0. The molecule has 5 heterocycles. The van der Waals surface area contributed by atoms with Gasteiger partial charge in [0.25, 0.3) is 47.3 Å². The number of nitrogens with one attached hydrogen (secondary N) is 5. The molecule has 538 valence electrons. The Morgan fingerprint density at radius 2 is 0.737 bits per heavy atom. The number of pyridine rings is 1. The van der Waals surface area contributed by atoms with Crippen LogP contribution >= 0.6 is 0 Å².